The van der Waals surface area contributed by atoms with Crippen molar-refractivity contribution in [3.05, 3.63) is 202 Å². The second kappa shape index (κ2) is 16.2. The van der Waals surface area contributed by atoms with Gasteiger partial charge in [0.25, 0.3) is 0 Å². The number of fused-ring (bicyclic) bond motifs is 4. The molecule has 10 nitrogen and oxygen atoms in total. The predicted molar refractivity (Wildman–Crippen MR) is 283 cm³/mol. The van der Waals surface area contributed by atoms with Crippen molar-refractivity contribution in [2.45, 2.75) is 102 Å². The zero-order valence-electron chi connectivity index (χ0n) is 43.3. The lowest BCUT2D eigenvalue weighted by Gasteiger charge is -2.51. The normalized spacial score (nSPS) is 29.4. The molecule has 6 aromatic carbocycles. The van der Waals surface area contributed by atoms with Gasteiger partial charge in [0, 0.05) is 36.8 Å². The Morgan fingerprint density at radius 2 is 0.838 bits per heavy atom. The van der Waals surface area contributed by atoms with E-state index in [4.69, 9.17) is 28.6 Å². The Labute approximate surface area is 433 Å². The number of hydrogen-bond donors (Lipinski definition) is 0. The van der Waals surface area contributed by atoms with Crippen LogP contribution in [0.15, 0.2) is 169 Å². The van der Waals surface area contributed by atoms with Gasteiger partial charge in [0.1, 0.15) is 34.2 Å². The van der Waals surface area contributed by atoms with Crippen LogP contribution in [-0.4, -0.2) is 48.2 Å². The summed E-state index contributed by atoms with van der Waals surface area (Å²) in [5.41, 5.74) is 2.10. The molecule has 2 fully saturated rings. The van der Waals surface area contributed by atoms with Crippen molar-refractivity contribution < 1.29 is 38.2 Å². The summed E-state index contributed by atoms with van der Waals surface area (Å²) < 4.78 is 26.8. The molecule has 13 rings (SSSR count). The van der Waals surface area contributed by atoms with Crippen molar-refractivity contribution in [2.24, 2.45) is 22.7 Å². The number of nitrogens with zero attached hydrogens (tertiary/aromatic N) is 2. The van der Waals surface area contributed by atoms with Crippen molar-refractivity contribution in [3.63, 3.8) is 0 Å². The molecule has 8 atom stereocenters. The lowest BCUT2D eigenvalue weighted by Crippen LogP contribution is -2.65. The molecule has 5 aliphatic heterocycles. The van der Waals surface area contributed by atoms with Gasteiger partial charge in [0.2, 0.25) is 11.6 Å². The van der Waals surface area contributed by atoms with Crippen LogP contribution in [0, 0.1) is 22.7 Å². The summed E-state index contributed by atoms with van der Waals surface area (Å²) in [5, 5.41) is 4.05. The number of carbonyl (C=O) groups excluding carboxylic acids is 2. The Kier molecular flexibility index (Phi) is 10.2. The minimum atomic E-state index is -1.43. The van der Waals surface area contributed by atoms with Gasteiger partial charge in [-0.1, -0.05) is 139 Å². The van der Waals surface area contributed by atoms with Crippen LogP contribution in [0.4, 0.5) is 11.4 Å². The minimum Gasteiger partial charge on any atom is -0.497 e. The third-order valence-corrected chi connectivity index (χ3v) is 17.6. The molecule has 0 aromatic heterocycles. The number of carbonyl (C=O) groups is 2. The standard InChI is InChI=1S/C64H62N2O8/c1-59(2,3)63-37-45-33-41-17-15-20-44-36-62(72-54(41)44)56-52(40-27-31-50(70-8)32-28-40)66(48-23-13-10-14-24-48)74-64(56,60(4,5)6)38-46(58(62)68)34-42-18-16-19-43-35-61(57(45)67,71-53(42)43)55(63)51(39-25-29-49(69-7)30-26-39)65(73-63)47-21-11-9-12-22-47/h9-32,37-38,51-52,55-56H,33-36H2,1-8H3. The fourth-order valence-corrected chi connectivity index (χ4v) is 14.0. The number of benzene rings is 6. The Bertz CT molecular complexity index is 3100. The van der Waals surface area contributed by atoms with E-state index in [1.54, 1.807) is 14.2 Å². The second-order valence-corrected chi connectivity index (χ2v) is 23.5. The van der Waals surface area contributed by atoms with E-state index in [0.29, 0.717) is 35.5 Å². The molecule has 7 aliphatic rings. The maximum Gasteiger partial charge on any atom is 0.203 e. The van der Waals surface area contributed by atoms with E-state index < -0.39 is 57.2 Å². The van der Waals surface area contributed by atoms with E-state index in [9.17, 15) is 0 Å². The zero-order valence-corrected chi connectivity index (χ0v) is 43.3. The topological polar surface area (TPSA) is 96.0 Å². The van der Waals surface area contributed by atoms with Crippen LogP contribution in [0.3, 0.4) is 0 Å². The van der Waals surface area contributed by atoms with Crippen LogP contribution in [0.25, 0.3) is 0 Å². The molecule has 2 spiro atoms. The molecule has 0 amide bonds. The number of hydroxylamine groups is 2. The summed E-state index contributed by atoms with van der Waals surface area (Å²) in [7, 11) is 3.33. The molecule has 10 heteroatoms. The molecular formula is C64H62N2O8. The first-order valence-corrected chi connectivity index (χ1v) is 26.0. The van der Waals surface area contributed by atoms with Gasteiger partial charge in [0.15, 0.2) is 11.2 Å². The molecule has 2 saturated heterocycles. The van der Waals surface area contributed by atoms with Gasteiger partial charge in [-0.15, -0.1) is 0 Å². The summed E-state index contributed by atoms with van der Waals surface area (Å²) in [6, 6.07) is 47.9. The lowest BCUT2D eigenvalue weighted by molar-refractivity contribution is -0.155. The van der Waals surface area contributed by atoms with Gasteiger partial charge < -0.3 is 18.9 Å². The average molecular weight is 987 g/mol. The van der Waals surface area contributed by atoms with Gasteiger partial charge >= 0.3 is 0 Å². The number of hydrogen-bond acceptors (Lipinski definition) is 10. The van der Waals surface area contributed by atoms with Crippen LogP contribution in [-0.2, 0) is 44.9 Å². The molecular weight excluding hydrogens is 925 g/mol. The number of para-hydroxylation sites is 4. The van der Waals surface area contributed by atoms with E-state index in [-0.39, 0.29) is 24.4 Å². The predicted octanol–water partition coefficient (Wildman–Crippen LogP) is 12.1. The summed E-state index contributed by atoms with van der Waals surface area (Å²) in [4.78, 5) is 48.3. The quantitative estimate of drug-likeness (QED) is 0.161. The molecule has 5 heterocycles. The smallest absolute Gasteiger partial charge is 0.203 e. The van der Waals surface area contributed by atoms with Crippen molar-refractivity contribution in [1.29, 1.82) is 0 Å². The molecule has 2 aliphatic carbocycles. The number of Topliss-reactive ketones (excluding diaryl/α,β-unsaturated/α-hetero) is 2. The van der Waals surface area contributed by atoms with Crippen LogP contribution >= 0.6 is 0 Å². The largest absolute Gasteiger partial charge is 0.497 e. The van der Waals surface area contributed by atoms with E-state index in [2.05, 4.69) is 126 Å². The monoisotopic (exact) mass is 986 g/mol. The molecule has 6 aromatic rings. The summed E-state index contributed by atoms with van der Waals surface area (Å²) >= 11 is 0. The molecule has 74 heavy (non-hydrogen) atoms. The number of anilines is 2. The highest BCUT2D eigenvalue weighted by Crippen LogP contribution is 2.67. The van der Waals surface area contributed by atoms with Crippen LogP contribution in [0.5, 0.6) is 23.0 Å². The molecule has 0 radical (unpaired) electrons. The third-order valence-electron chi connectivity index (χ3n) is 17.6. The Morgan fingerprint density at radius 1 is 0.473 bits per heavy atom. The number of methoxy groups -OCH3 is 2. The van der Waals surface area contributed by atoms with Crippen molar-refractivity contribution >= 4 is 22.9 Å². The first-order valence-electron chi connectivity index (χ1n) is 26.0. The number of ether oxygens (including phenoxy) is 4. The van der Waals surface area contributed by atoms with Gasteiger partial charge in [-0.05, 0) is 105 Å². The summed E-state index contributed by atoms with van der Waals surface area (Å²) in [6.07, 6.45) is 5.32. The van der Waals surface area contributed by atoms with Gasteiger partial charge in [-0.25, -0.2) is 10.1 Å². The van der Waals surface area contributed by atoms with Gasteiger partial charge in [0.05, 0.1) is 49.5 Å². The fraction of sp³-hybridized carbons (Fsp3) is 0.344. The highest BCUT2D eigenvalue weighted by atomic mass is 16.7. The average Bonchev–Trinajstić information content (AvgIpc) is 4.19. The van der Waals surface area contributed by atoms with Crippen LogP contribution in [0.2, 0.25) is 0 Å². The summed E-state index contributed by atoms with van der Waals surface area (Å²) in [6.45, 7) is 13.2. The SMILES string of the molecule is COc1ccc(C2C3C45Cc6cccc(c6O4)CC4=CC6(C(C)(C)C)ON(c7ccccc7)C(c7ccc(OC)cc7)C6C6(Cc7cccc(c7O6)CC(=CC3(C(C)(C)C)ON2c2ccccc2)C5=O)C4=O)cc1. The Morgan fingerprint density at radius 3 is 1.19 bits per heavy atom. The highest BCUT2D eigenvalue weighted by Gasteiger charge is 2.75. The van der Waals surface area contributed by atoms with Crippen LogP contribution < -0.4 is 29.1 Å². The molecule has 6 bridgehead atoms. The fourth-order valence-electron chi connectivity index (χ4n) is 14.0. The van der Waals surface area contributed by atoms with E-state index in [1.165, 1.54) is 0 Å². The van der Waals surface area contributed by atoms with Gasteiger partial charge in [-0.3, -0.25) is 19.3 Å². The molecule has 8 unspecified atom stereocenters. The maximum absolute atomic E-state index is 16.5. The van der Waals surface area contributed by atoms with Crippen molar-refractivity contribution in [3.8, 4) is 23.0 Å². The first kappa shape index (κ1) is 46.6. The third kappa shape index (κ3) is 6.43. The minimum absolute atomic E-state index is 0.0755. The van der Waals surface area contributed by atoms with Gasteiger partial charge in [-0.2, -0.15) is 0 Å². The Hall–Kier alpha value is -7.14. The number of ketones is 2. The molecule has 0 N–H and O–H groups in total. The van der Waals surface area contributed by atoms with Crippen LogP contribution in [0.1, 0.15) is 87.0 Å². The molecule has 376 valence electrons. The number of rotatable bonds is 6. The first-order chi connectivity index (χ1) is 35.5. The maximum atomic E-state index is 16.5. The molecule has 0 saturated carbocycles. The van der Waals surface area contributed by atoms with E-state index in [0.717, 1.165) is 56.3 Å². The summed E-state index contributed by atoms with van der Waals surface area (Å²) in [5.74, 6) is 1.44. The zero-order chi connectivity index (χ0) is 51.2. The van der Waals surface area contributed by atoms with Crippen molar-refractivity contribution in [1.82, 2.24) is 0 Å². The highest BCUT2D eigenvalue weighted by molar-refractivity contribution is 6.07. The lowest BCUT2D eigenvalue weighted by atomic mass is 9.55. The Balaban J connectivity index is 1.07. The second-order valence-electron chi connectivity index (χ2n) is 23.5. The van der Waals surface area contributed by atoms with E-state index >= 15 is 9.59 Å². The van der Waals surface area contributed by atoms with Crippen molar-refractivity contribution in [2.75, 3.05) is 24.3 Å². The van der Waals surface area contributed by atoms with E-state index in [1.807, 2.05) is 82.9 Å².